The summed E-state index contributed by atoms with van der Waals surface area (Å²) in [5.74, 6) is 1.50. The Hall–Kier alpha value is -3.48. The highest BCUT2D eigenvalue weighted by Crippen LogP contribution is 2.19. The Labute approximate surface area is 169 Å². The Bertz CT molecular complexity index is 1050. The van der Waals surface area contributed by atoms with Crippen molar-refractivity contribution in [3.63, 3.8) is 0 Å². The molecule has 7 heteroatoms. The third-order valence-electron chi connectivity index (χ3n) is 4.68. The van der Waals surface area contributed by atoms with E-state index in [1.165, 1.54) is 0 Å². The Morgan fingerprint density at radius 2 is 1.66 bits per heavy atom. The van der Waals surface area contributed by atoms with Crippen molar-refractivity contribution in [3.8, 4) is 11.5 Å². The second-order valence-electron chi connectivity index (χ2n) is 6.57. The summed E-state index contributed by atoms with van der Waals surface area (Å²) >= 11 is 0. The second-order valence-corrected chi connectivity index (χ2v) is 6.57. The van der Waals surface area contributed by atoms with E-state index in [2.05, 4.69) is 15.6 Å². The van der Waals surface area contributed by atoms with Gasteiger partial charge in [0.1, 0.15) is 11.5 Å². The Morgan fingerprint density at radius 1 is 0.931 bits per heavy atom. The van der Waals surface area contributed by atoms with Gasteiger partial charge in [0, 0.05) is 24.7 Å². The summed E-state index contributed by atoms with van der Waals surface area (Å²) in [6.45, 7) is 0.857. The van der Waals surface area contributed by atoms with E-state index in [4.69, 9.17) is 9.47 Å². The lowest BCUT2D eigenvalue weighted by Gasteiger charge is -2.10. The van der Waals surface area contributed by atoms with Gasteiger partial charge >= 0.3 is 6.03 Å². The number of hydrogen-bond acceptors (Lipinski definition) is 4. The van der Waals surface area contributed by atoms with Crippen molar-refractivity contribution < 1.29 is 14.3 Å². The molecule has 1 aromatic heterocycles. The highest BCUT2D eigenvalue weighted by molar-refractivity contribution is 5.80. The van der Waals surface area contributed by atoms with Crippen LogP contribution < -0.4 is 25.7 Å². The zero-order valence-corrected chi connectivity index (χ0v) is 16.6. The average Bonchev–Trinajstić information content (AvgIpc) is 2.74. The number of methoxy groups -OCH3 is 2. The van der Waals surface area contributed by atoms with Crippen molar-refractivity contribution in [1.29, 1.82) is 0 Å². The standard InChI is InChI=1S/C22H25N3O4/c1-28-18-8-7-16-13-17(21(26)25-19(16)14-18)10-12-24-22(27)23-11-9-15-5-3-4-6-20(15)29-2/h3-8,13-14H,9-12H2,1-2H3,(H,25,26)(H2,23,24,27). The maximum absolute atomic E-state index is 12.3. The summed E-state index contributed by atoms with van der Waals surface area (Å²) in [5, 5.41) is 6.52. The first kappa shape index (κ1) is 20.3. The first-order valence-corrected chi connectivity index (χ1v) is 9.44. The van der Waals surface area contributed by atoms with E-state index in [1.54, 1.807) is 20.3 Å². The molecule has 2 aromatic carbocycles. The minimum Gasteiger partial charge on any atom is -0.497 e. The van der Waals surface area contributed by atoms with E-state index < -0.39 is 0 Å². The number of hydrogen-bond donors (Lipinski definition) is 3. The molecular formula is C22H25N3O4. The fourth-order valence-corrected chi connectivity index (χ4v) is 3.13. The number of carbonyl (C=O) groups is 1. The van der Waals surface area contributed by atoms with Gasteiger partial charge in [-0.25, -0.2) is 4.79 Å². The summed E-state index contributed by atoms with van der Waals surface area (Å²) in [6, 6.07) is 14.8. The van der Waals surface area contributed by atoms with Crippen molar-refractivity contribution in [2.75, 3.05) is 27.3 Å². The number of carbonyl (C=O) groups excluding carboxylic acids is 1. The van der Waals surface area contributed by atoms with Gasteiger partial charge in [0.05, 0.1) is 19.7 Å². The number of fused-ring (bicyclic) bond motifs is 1. The lowest BCUT2D eigenvalue weighted by Crippen LogP contribution is -2.38. The van der Waals surface area contributed by atoms with Crippen LogP contribution in [0.25, 0.3) is 10.9 Å². The minimum atomic E-state index is -0.262. The number of H-pyrrole nitrogens is 1. The topological polar surface area (TPSA) is 92.4 Å². The number of amides is 2. The summed E-state index contributed by atoms with van der Waals surface area (Å²) in [7, 11) is 3.21. The van der Waals surface area contributed by atoms with Crippen LogP contribution in [0, 0.1) is 0 Å². The highest BCUT2D eigenvalue weighted by atomic mass is 16.5. The summed E-state index contributed by atoms with van der Waals surface area (Å²) in [4.78, 5) is 27.1. The van der Waals surface area contributed by atoms with E-state index in [1.807, 2.05) is 42.5 Å². The summed E-state index contributed by atoms with van der Waals surface area (Å²) in [6.07, 6.45) is 1.11. The molecular weight excluding hydrogens is 370 g/mol. The monoisotopic (exact) mass is 395 g/mol. The van der Waals surface area contributed by atoms with Gasteiger partial charge in [-0.3, -0.25) is 4.79 Å². The molecule has 3 aromatic rings. The SMILES string of the molecule is COc1ccc2cc(CCNC(=O)NCCc3ccccc3OC)c(=O)[nH]c2c1. The molecule has 7 nitrogen and oxygen atoms in total. The van der Waals surface area contributed by atoms with Crippen molar-refractivity contribution in [2.24, 2.45) is 0 Å². The van der Waals surface area contributed by atoms with Crippen LogP contribution in [0.4, 0.5) is 4.79 Å². The molecule has 3 N–H and O–H groups in total. The first-order valence-electron chi connectivity index (χ1n) is 9.44. The minimum absolute atomic E-state index is 0.163. The molecule has 152 valence electrons. The lowest BCUT2D eigenvalue weighted by molar-refractivity contribution is 0.241. The van der Waals surface area contributed by atoms with E-state index in [0.717, 1.165) is 22.2 Å². The molecule has 2 amide bonds. The van der Waals surface area contributed by atoms with E-state index in [9.17, 15) is 9.59 Å². The number of rotatable bonds is 8. The van der Waals surface area contributed by atoms with Crippen LogP contribution in [0.2, 0.25) is 0 Å². The highest BCUT2D eigenvalue weighted by Gasteiger charge is 2.06. The maximum atomic E-state index is 12.3. The normalized spacial score (nSPS) is 10.6. The van der Waals surface area contributed by atoms with Crippen LogP contribution in [-0.4, -0.2) is 38.3 Å². The number of para-hydroxylation sites is 1. The number of benzene rings is 2. The van der Waals surface area contributed by atoms with Crippen molar-refractivity contribution in [3.05, 3.63) is 70.0 Å². The average molecular weight is 395 g/mol. The largest absolute Gasteiger partial charge is 0.497 e. The number of ether oxygens (including phenoxy) is 2. The maximum Gasteiger partial charge on any atom is 0.314 e. The quantitative estimate of drug-likeness (QED) is 0.547. The predicted octanol–water partition coefficient (Wildman–Crippen LogP) is 2.63. The molecule has 0 atom stereocenters. The molecule has 0 bridgehead atoms. The van der Waals surface area contributed by atoms with Crippen LogP contribution in [-0.2, 0) is 12.8 Å². The van der Waals surface area contributed by atoms with Gasteiger partial charge in [-0.2, -0.15) is 0 Å². The summed E-state index contributed by atoms with van der Waals surface area (Å²) < 4.78 is 10.5. The van der Waals surface area contributed by atoms with Crippen LogP contribution >= 0.6 is 0 Å². The summed E-state index contributed by atoms with van der Waals surface area (Å²) in [5.41, 5.74) is 2.22. The zero-order valence-electron chi connectivity index (χ0n) is 16.6. The molecule has 0 unspecified atom stereocenters. The van der Waals surface area contributed by atoms with E-state index in [-0.39, 0.29) is 11.6 Å². The van der Waals surface area contributed by atoms with Crippen LogP contribution in [0.1, 0.15) is 11.1 Å². The number of pyridine rings is 1. The van der Waals surface area contributed by atoms with Crippen molar-refractivity contribution in [2.45, 2.75) is 12.8 Å². The molecule has 0 spiro atoms. The smallest absolute Gasteiger partial charge is 0.314 e. The lowest BCUT2D eigenvalue weighted by atomic mass is 10.1. The first-order chi connectivity index (χ1) is 14.1. The van der Waals surface area contributed by atoms with Crippen LogP contribution in [0.5, 0.6) is 11.5 Å². The third kappa shape index (κ3) is 5.28. The number of aromatic amines is 1. The van der Waals surface area contributed by atoms with Gasteiger partial charge in [0.25, 0.3) is 5.56 Å². The molecule has 0 aliphatic heterocycles. The van der Waals surface area contributed by atoms with Crippen molar-refractivity contribution >= 4 is 16.9 Å². The fraction of sp³-hybridized carbons (Fsp3) is 0.273. The van der Waals surface area contributed by atoms with Crippen molar-refractivity contribution in [1.82, 2.24) is 15.6 Å². The Kier molecular flexibility index (Phi) is 6.73. The van der Waals surface area contributed by atoms with Crippen LogP contribution in [0.3, 0.4) is 0 Å². The zero-order chi connectivity index (χ0) is 20.6. The molecule has 0 radical (unpaired) electrons. The van der Waals surface area contributed by atoms with Gasteiger partial charge in [-0.05, 0) is 48.1 Å². The second kappa shape index (κ2) is 9.64. The third-order valence-corrected chi connectivity index (χ3v) is 4.68. The molecule has 0 aliphatic carbocycles. The van der Waals surface area contributed by atoms with E-state index in [0.29, 0.717) is 37.2 Å². The van der Waals surface area contributed by atoms with Gasteiger partial charge < -0.3 is 25.1 Å². The molecule has 0 fully saturated rings. The molecule has 0 saturated heterocycles. The molecule has 29 heavy (non-hydrogen) atoms. The number of urea groups is 1. The van der Waals surface area contributed by atoms with Gasteiger partial charge in [0.15, 0.2) is 0 Å². The fourth-order valence-electron chi connectivity index (χ4n) is 3.13. The van der Waals surface area contributed by atoms with Gasteiger partial charge in [-0.15, -0.1) is 0 Å². The van der Waals surface area contributed by atoms with Gasteiger partial charge in [-0.1, -0.05) is 18.2 Å². The van der Waals surface area contributed by atoms with Gasteiger partial charge in [0.2, 0.25) is 0 Å². The number of nitrogens with one attached hydrogen (secondary N) is 3. The number of aromatic nitrogens is 1. The Morgan fingerprint density at radius 3 is 2.38 bits per heavy atom. The molecule has 3 rings (SSSR count). The molecule has 0 aliphatic rings. The Balaban J connectivity index is 1.48. The van der Waals surface area contributed by atoms with Crippen LogP contribution in [0.15, 0.2) is 53.3 Å². The van der Waals surface area contributed by atoms with E-state index >= 15 is 0 Å². The molecule has 0 saturated carbocycles. The predicted molar refractivity (Wildman–Crippen MR) is 113 cm³/mol. The molecule has 1 heterocycles.